The number of hydrogen-bond donors (Lipinski definition) is 1. The Morgan fingerprint density at radius 2 is 1.62 bits per heavy atom. The fourth-order valence-electron chi connectivity index (χ4n) is 1.80. The van der Waals surface area contributed by atoms with E-state index in [4.69, 9.17) is 11.6 Å². The molecule has 0 aliphatic carbocycles. The van der Waals surface area contributed by atoms with Gasteiger partial charge in [-0.25, -0.2) is 4.79 Å². The number of alkyl halides is 1. The smallest absolute Gasteiger partial charge is 0.324 e. The van der Waals surface area contributed by atoms with E-state index in [-0.39, 0.29) is 24.2 Å². The summed E-state index contributed by atoms with van der Waals surface area (Å²) in [7, 11) is 0. The Labute approximate surface area is 101 Å². The molecule has 4 nitrogen and oxygen atoms in total. The first-order valence-electron chi connectivity index (χ1n) is 5.89. The summed E-state index contributed by atoms with van der Waals surface area (Å²) >= 11 is 5.43. The molecule has 1 heterocycles. The lowest BCUT2D eigenvalue weighted by molar-refractivity contribution is -0.119. The molecule has 0 radical (unpaired) electrons. The van der Waals surface area contributed by atoms with Crippen LogP contribution in [0.3, 0.4) is 0 Å². The highest BCUT2D eigenvalue weighted by molar-refractivity contribution is 6.19. The Balaban J connectivity index is 2.35. The highest BCUT2D eigenvalue weighted by Crippen LogP contribution is 2.10. The fourth-order valence-corrected chi connectivity index (χ4v) is 1.97. The van der Waals surface area contributed by atoms with E-state index in [0.717, 1.165) is 25.9 Å². The van der Waals surface area contributed by atoms with Crippen LogP contribution < -0.4 is 5.32 Å². The lowest BCUT2D eigenvalue weighted by atomic mass is 10.1. The van der Waals surface area contributed by atoms with E-state index in [1.54, 1.807) is 4.90 Å². The molecule has 0 aromatic heterocycles. The van der Waals surface area contributed by atoms with E-state index >= 15 is 0 Å². The summed E-state index contributed by atoms with van der Waals surface area (Å²) in [6.45, 7) is 1.50. The van der Waals surface area contributed by atoms with Crippen molar-refractivity contribution in [1.82, 2.24) is 10.2 Å². The van der Waals surface area contributed by atoms with Gasteiger partial charge in [0.25, 0.3) is 0 Å². The summed E-state index contributed by atoms with van der Waals surface area (Å²) in [5.41, 5.74) is 0. The van der Waals surface area contributed by atoms with Crippen molar-refractivity contribution in [1.29, 1.82) is 0 Å². The van der Waals surface area contributed by atoms with E-state index in [1.165, 1.54) is 19.3 Å². The highest BCUT2D eigenvalue weighted by atomic mass is 35.5. The molecule has 0 unspecified atom stereocenters. The molecule has 5 heteroatoms. The number of urea groups is 1. The first-order valence-corrected chi connectivity index (χ1v) is 6.42. The maximum atomic E-state index is 11.7. The lowest BCUT2D eigenvalue weighted by Gasteiger charge is -2.24. The predicted octanol–water partition coefficient (Wildman–Crippen LogP) is 2.12. The number of carbonyl (C=O) groups excluding carboxylic acids is 2. The summed E-state index contributed by atoms with van der Waals surface area (Å²) in [5.74, 6) is -0.0406. The van der Waals surface area contributed by atoms with Crippen molar-refractivity contribution in [3.05, 3.63) is 0 Å². The number of nitrogens with one attached hydrogen (secondary N) is 1. The predicted molar refractivity (Wildman–Crippen MR) is 63.5 cm³/mol. The number of carbonyl (C=O) groups is 2. The van der Waals surface area contributed by atoms with Crippen molar-refractivity contribution in [3.63, 3.8) is 0 Å². The van der Waals surface area contributed by atoms with Gasteiger partial charge < -0.3 is 4.90 Å². The minimum atomic E-state index is -0.290. The zero-order chi connectivity index (χ0) is 11.8. The van der Waals surface area contributed by atoms with Crippen LogP contribution in [0.2, 0.25) is 0 Å². The maximum absolute atomic E-state index is 11.7. The number of nitrogens with zero attached hydrogens (tertiary/aromatic N) is 1. The van der Waals surface area contributed by atoms with Crippen LogP contribution in [0.15, 0.2) is 0 Å². The number of rotatable bonds is 2. The first kappa shape index (κ1) is 13.3. The minimum Gasteiger partial charge on any atom is -0.324 e. The van der Waals surface area contributed by atoms with Gasteiger partial charge in [-0.05, 0) is 12.8 Å². The van der Waals surface area contributed by atoms with Gasteiger partial charge in [0.15, 0.2) is 0 Å². The molecule has 92 valence electrons. The van der Waals surface area contributed by atoms with Crippen molar-refractivity contribution >= 4 is 23.5 Å². The highest BCUT2D eigenvalue weighted by Gasteiger charge is 2.16. The molecule has 0 spiro atoms. The standard InChI is InChI=1S/C11H19ClN2O2/c12-7-6-10(15)13-11(16)14-8-4-2-1-3-5-9-14/h1-9H2,(H,13,15,16). The number of amides is 3. The molecular weight excluding hydrogens is 228 g/mol. The largest absolute Gasteiger partial charge is 0.324 e. The zero-order valence-corrected chi connectivity index (χ0v) is 10.3. The monoisotopic (exact) mass is 246 g/mol. The second-order valence-corrected chi connectivity index (χ2v) is 4.43. The topological polar surface area (TPSA) is 49.4 Å². The minimum absolute atomic E-state index is 0.196. The van der Waals surface area contributed by atoms with E-state index in [2.05, 4.69) is 5.32 Å². The van der Waals surface area contributed by atoms with Crippen LogP contribution in [0.1, 0.15) is 38.5 Å². The molecule has 0 aromatic rings. The molecule has 3 amide bonds. The van der Waals surface area contributed by atoms with Crippen molar-refractivity contribution < 1.29 is 9.59 Å². The molecule has 1 aliphatic rings. The van der Waals surface area contributed by atoms with Crippen molar-refractivity contribution in [2.75, 3.05) is 19.0 Å². The van der Waals surface area contributed by atoms with E-state index < -0.39 is 0 Å². The number of imide groups is 1. The molecule has 1 rings (SSSR count). The Morgan fingerprint density at radius 3 is 2.19 bits per heavy atom. The molecular formula is C11H19ClN2O2. The normalized spacial score (nSPS) is 17.4. The van der Waals surface area contributed by atoms with Crippen LogP contribution >= 0.6 is 11.6 Å². The van der Waals surface area contributed by atoms with Gasteiger partial charge in [-0.2, -0.15) is 0 Å². The van der Waals surface area contributed by atoms with E-state index in [1.807, 2.05) is 0 Å². The number of hydrogen-bond acceptors (Lipinski definition) is 2. The Morgan fingerprint density at radius 1 is 1.06 bits per heavy atom. The van der Waals surface area contributed by atoms with Gasteiger partial charge in [0, 0.05) is 25.4 Å². The van der Waals surface area contributed by atoms with Gasteiger partial charge in [0.1, 0.15) is 0 Å². The summed E-state index contributed by atoms with van der Waals surface area (Å²) < 4.78 is 0. The third kappa shape index (κ3) is 4.84. The van der Waals surface area contributed by atoms with Gasteiger partial charge in [-0.15, -0.1) is 11.6 Å². The fraction of sp³-hybridized carbons (Fsp3) is 0.818. The first-order chi connectivity index (χ1) is 7.74. The second-order valence-electron chi connectivity index (χ2n) is 4.05. The average Bonchev–Trinajstić information content (AvgIpc) is 2.16. The van der Waals surface area contributed by atoms with Gasteiger partial charge >= 0.3 is 6.03 Å². The molecule has 1 fully saturated rings. The van der Waals surface area contributed by atoms with Crippen LogP contribution in [-0.2, 0) is 4.79 Å². The molecule has 1 aliphatic heterocycles. The molecule has 1 N–H and O–H groups in total. The molecule has 0 saturated carbocycles. The lowest BCUT2D eigenvalue weighted by Crippen LogP contribution is -2.44. The van der Waals surface area contributed by atoms with Gasteiger partial charge in [0.05, 0.1) is 0 Å². The Bertz CT molecular complexity index is 238. The molecule has 0 bridgehead atoms. The average molecular weight is 247 g/mol. The quantitative estimate of drug-likeness (QED) is 0.759. The van der Waals surface area contributed by atoms with Crippen LogP contribution in [0.5, 0.6) is 0 Å². The van der Waals surface area contributed by atoms with Crippen LogP contribution in [-0.4, -0.2) is 35.8 Å². The summed E-state index contributed by atoms with van der Waals surface area (Å²) in [5, 5.41) is 2.36. The maximum Gasteiger partial charge on any atom is 0.324 e. The van der Waals surface area contributed by atoms with Gasteiger partial charge in [-0.1, -0.05) is 19.3 Å². The number of halogens is 1. The van der Waals surface area contributed by atoms with Crippen molar-refractivity contribution in [3.8, 4) is 0 Å². The summed E-state index contributed by atoms with van der Waals surface area (Å²) in [6.07, 6.45) is 5.83. The summed E-state index contributed by atoms with van der Waals surface area (Å²) in [6, 6.07) is -0.267. The van der Waals surface area contributed by atoms with Crippen LogP contribution in [0, 0.1) is 0 Å². The van der Waals surface area contributed by atoms with E-state index in [9.17, 15) is 9.59 Å². The SMILES string of the molecule is O=C(CCCl)NC(=O)N1CCCCCCC1. The summed E-state index contributed by atoms with van der Waals surface area (Å²) in [4.78, 5) is 24.6. The van der Waals surface area contributed by atoms with Crippen molar-refractivity contribution in [2.24, 2.45) is 0 Å². The van der Waals surface area contributed by atoms with Gasteiger partial charge in [-0.3, -0.25) is 10.1 Å². The molecule has 16 heavy (non-hydrogen) atoms. The second kappa shape index (κ2) is 7.49. The van der Waals surface area contributed by atoms with Crippen LogP contribution in [0.25, 0.3) is 0 Å². The molecule has 1 saturated heterocycles. The van der Waals surface area contributed by atoms with Crippen molar-refractivity contribution in [2.45, 2.75) is 38.5 Å². The Kier molecular flexibility index (Phi) is 6.23. The third-order valence-corrected chi connectivity index (χ3v) is 2.90. The van der Waals surface area contributed by atoms with Gasteiger partial charge in [0.2, 0.25) is 5.91 Å². The molecule has 0 aromatic carbocycles. The third-order valence-electron chi connectivity index (χ3n) is 2.71. The van der Waals surface area contributed by atoms with Crippen LogP contribution in [0.4, 0.5) is 4.79 Å². The number of likely N-dealkylation sites (tertiary alicyclic amines) is 1. The zero-order valence-electron chi connectivity index (χ0n) is 9.51. The molecule has 0 atom stereocenters. The van der Waals surface area contributed by atoms with E-state index in [0.29, 0.717) is 0 Å². The Hall–Kier alpha value is -0.770.